The zero-order valence-electron chi connectivity index (χ0n) is 11.7. The Hall–Kier alpha value is -1.96. The minimum absolute atomic E-state index is 0.0415. The number of nitrogens with one attached hydrogen (secondary N) is 1. The van der Waals surface area contributed by atoms with E-state index in [2.05, 4.69) is 15.0 Å². The van der Waals surface area contributed by atoms with E-state index in [9.17, 15) is 19.5 Å². The summed E-state index contributed by atoms with van der Waals surface area (Å²) < 4.78 is 4.57. The molecule has 8 heteroatoms. The normalized spacial score (nSPS) is 20.5. The second-order valence-electron chi connectivity index (χ2n) is 4.87. The summed E-state index contributed by atoms with van der Waals surface area (Å²) in [5, 5.41) is 13.8. The van der Waals surface area contributed by atoms with Crippen LogP contribution in [0.1, 0.15) is 23.4 Å². The summed E-state index contributed by atoms with van der Waals surface area (Å²) in [5.41, 5.74) is 0.548. The summed E-state index contributed by atoms with van der Waals surface area (Å²) >= 11 is 1.24. The van der Waals surface area contributed by atoms with E-state index >= 15 is 0 Å². The van der Waals surface area contributed by atoms with Gasteiger partial charge in [-0.1, -0.05) is 0 Å². The summed E-state index contributed by atoms with van der Waals surface area (Å²) in [6.07, 6.45) is 1.04. The van der Waals surface area contributed by atoms with Crippen LogP contribution in [0, 0.1) is 18.8 Å². The van der Waals surface area contributed by atoms with Gasteiger partial charge in [0.2, 0.25) is 5.91 Å². The van der Waals surface area contributed by atoms with Crippen LogP contribution in [-0.2, 0) is 25.5 Å². The molecule has 0 unspecified atom stereocenters. The van der Waals surface area contributed by atoms with Gasteiger partial charge < -0.3 is 20.0 Å². The van der Waals surface area contributed by atoms with Gasteiger partial charge in [-0.25, -0.2) is 4.98 Å². The number of carboxylic acid groups (broad SMARTS) is 1. The minimum atomic E-state index is -1.19. The number of aromatic nitrogens is 1. The third-order valence-corrected chi connectivity index (χ3v) is 4.50. The molecule has 1 heterocycles. The lowest BCUT2D eigenvalue weighted by atomic mass is 9.73. The zero-order chi connectivity index (χ0) is 15.6. The van der Waals surface area contributed by atoms with Crippen LogP contribution in [0.2, 0.25) is 0 Å². The predicted molar refractivity (Wildman–Crippen MR) is 72.4 cm³/mol. The Kier molecular flexibility index (Phi) is 4.56. The summed E-state index contributed by atoms with van der Waals surface area (Å²) in [6, 6.07) is 0. The molecule has 1 saturated carbocycles. The Balaban J connectivity index is 2.00. The van der Waals surface area contributed by atoms with Crippen molar-refractivity contribution >= 4 is 34.3 Å². The largest absolute Gasteiger partial charge is 0.550 e. The van der Waals surface area contributed by atoms with Gasteiger partial charge in [0, 0.05) is 22.7 Å². The first-order valence-corrected chi connectivity index (χ1v) is 7.29. The van der Waals surface area contributed by atoms with Gasteiger partial charge in [-0.15, -0.1) is 11.3 Å². The molecule has 1 aromatic heterocycles. The van der Waals surface area contributed by atoms with E-state index in [1.807, 2.05) is 0 Å². The van der Waals surface area contributed by atoms with Crippen LogP contribution in [0.15, 0.2) is 0 Å². The number of nitrogens with zero attached hydrogens (tertiary/aromatic N) is 1. The molecule has 2 atom stereocenters. The number of anilines is 1. The third kappa shape index (κ3) is 3.38. The van der Waals surface area contributed by atoms with Gasteiger partial charge in [0.25, 0.3) is 0 Å². The van der Waals surface area contributed by atoms with Gasteiger partial charge in [-0.05, 0) is 19.8 Å². The molecule has 0 aromatic carbocycles. The van der Waals surface area contributed by atoms with Crippen LogP contribution < -0.4 is 10.4 Å². The molecule has 2 rings (SSSR count). The molecule has 0 saturated heterocycles. The Labute approximate surface area is 125 Å². The Morgan fingerprint density at radius 1 is 1.38 bits per heavy atom. The average molecular weight is 311 g/mol. The van der Waals surface area contributed by atoms with Gasteiger partial charge in [-0.2, -0.15) is 0 Å². The highest BCUT2D eigenvalue weighted by molar-refractivity contribution is 7.15. The number of hydrogen-bond acceptors (Lipinski definition) is 7. The van der Waals surface area contributed by atoms with E-state index < -0.39 is 23.8 Å². The maximum Gasteiger partial charge on any atom is 0.311 e. The van der Waals surface area contributed by atoms with E-state index in [-0.39, 0.29) is 12.3 Å². The number of esters is 1. The highest BCUT2D eigenvalue weighted by atomic mass is 32.1. The summed E-state index contributed by atoms with van der Waals surface area (Å²) in [6.45, 7) is 1.79. The Bertz CT molecular complexity index is 583. The second-order valence-corrected chi connectivity index (χ2v) is 6.08. The average Bonchev–Trinajstić information content (AvgIpc) is 2.66. The minimum Gasteiger partial charge on any atom is -0.550 e. The maximum atomic E-state index is 12.0. The quantitative estimate of drug-likeness (QED) is 0.760. The van der Waals surface area contributed by atoms with Crippen molar-refractivity contribution in [2.24, 2.45) is 11.8 Å². The first-order valence-electron chi connectivity index (χ1n) is 6.47. The van der Waals surface area contributed by atoms with Crippen molar-refractivity contribution in [2.75, 3.05) is 12.4 Å². The Morgan fingerprint density at radius 2 is 2.05 bits per heavy atom. The number of thiazole rings is 1. The Morgan fingerprint density at radius 3 is 2.57 bits per heavy atom. The second kappa shape index (κ2) is 6.21. The molecule has 1 N–H and O–H groups in total. The van der Waals surface area contributed by atoms with Crippen molar-refractivity contribution in [3.8, 4) is 0 Å². The van der Waals surface area contributed by atoms with Gasteiger partial charge in [-0.3, -0.25) is 9.59 Å². The van der Waals surface area contributed by atoms with Crippen LogP contribution in [-0.4, -0.2) is 29.9 Å². The number of carbonyl (C=O) groups excluding carboxylic acids is 3. The van der Waals surface area contributed by atoms with Crippen molar-refractivity contribution < 1.29 is 24.2 Å². The first-order chi connectivity index (χ1) is 9.92. The van der Waals surface area contributed by atoms with E-state index in [0.717, 1.165) is 4.88 Å². The van der Waals surface area contributed by atoms with Crippen molar-refractivity contribution in [3.05, 3.63) is 10.6 Å². The molecule has 7 nitrogen and oxygen atoms in total. The SMILES string of the molecule is COC(=O)Cc1nc(NC(=O)[C@@H]2CC[C@H]2C(=O)[O-])sc1C. The summed E-state index contributed by atoms with van der Waals surface area (Å²) in [5.74, 6) is -3.25. The number of ether oxygens (including phenoxy) is 1. The number of aliphatic carboxylic acids is 1. The molecule has 1 fully saturated rings. The predicted octanol–water partition coefficient (Wildman–Crippen LogP) is -0.118. The van der Waals surface area contributed by atoms with Crippen molar-refractivity contribution in [2.45, 2.75) is 26.2 Å². The fourth-order valence-electron chi connectivity index (χ4n) is 2.15. The van der Waals surface area contributed by atoms with Crippen LogP contribution >= 0.6 is 11.3 Å². The molecule has 1 aliphatic rings. The van der Waals surface area contributed by atoms with E-state index in [1.165, 1.54) is 18.4 Å². The van der Waals surface area contributed by atoms with Crippen LogP contribution in [0.3, 0.4) is 0 Å². The fourth-order valence-corrected chi connectivity index (χ4v) is 2.98. The van der Waals surface area contributed by atoms with Gasteiger partial charge in [0.05, 0.1) is 19.2 Å². The van der Waals surface area contributed by atoms with E-state index in [0.29, 0.717) is 23.7 Å². The van der Waals surface area contributed by atoms with E-state index in [1.54, 1.807) is 6.92 Å². The number of hydrogen-bond donors (Lipinski definition) is 1. The lowest BCUT2D eigenvalue weighted by Gasteiger charge is -2.35. The molecular weight excluding hydrogens is 296 g/mol. The molecule has 0 bridgehead atoms. The van der Waals surface area contributed by atoms with Crippen LogP contribution in [0.5, 0.6) is 0 Å². The van der Waals surface area contributed by atoms with Crippen molar-refractivity contribution in [1.29, 1.82) is 0 Å². The molecule has 1 amide bonds. The van der Waals surface area contributed by atoms with Gasteiger partial charge >= 0.3 is 5.97 Å². The molecule has 0 aliphatic heterocycles. The van der Waals surface area contributed by atoms with Crippen LogP contribution in [0.4, 0.5) is 5.13 Å². The highest BCUT2D eigenvalue weighted by Gasteiger charge is 2.37. The monoisotopic (exact) mass is 311 g/mol. The molecule has 0 radical (unpaired) electrons. The number of methoxy groups -OCH3 is 1. The lowest BCUT2D eigenvalue weighted by molar-refractivity contribution is -0.316. The molecule has 114 valence electrons. The third-order valence-electron chi connectivity index (χ3n) is 3.58. The fraction of sp³-hybridized carbons (Fsp3) is 0.538. The van der Waals surface area contributed by atoms with Gasteiger partial charge in [0.15, 0.2) is 5.13 Å². The molecule has 1 aliphatic carbocycles. The van der Waals surface area contributed by atoms with Gasteiger partial charge in [0.1, 0.15) is 0 Å². The standard InChI is InChI=1S/C13H16N2O5S/c1-6-9(5-10(16)20-2)14-13(21-6)15-11(17)7-3-4-8(7)12(18)19/h7-8H,3-5H2,1-2H3,(H,18,19)(H,14,15,17)/p-1/t7-,8-/m1/s1. The van der Waals surface area contributed by atoms with E-state index in [4.69, 9.17) is 0 Å². The number of aryl methyl sites for hydroxylation is 1. The number of rotatable bonds is 5. The summed E-state index contributed by atoms with van der Waals surface area (Å²) in [4.78, 5) is 39.0. The molecule has 0 spiro atoms. The molecule has 21 heavy (non-hydrogen) atoms. The van der Waals surface area contributed by atoms with Crippen molar-refractivity contribution in [3.63, 3.8) is 0 Å². The zero-order valence-corrected chi connectivity index (χ0v) is 12.5. The number of carboxylic acids is 1. The topological polar surface area (TPSA) is 108 Å². The number of carbonyl (C=O) groups is 3. The smallest absolute Gasteiger partial charge is 0.311 e. The molecule has 1 aromatic rings. The lowest BCUT2D eigenvalue weighted by Crippen LogP contribution is -2.46. The first kappa shape index (κ1) is 15.4. The maximum absolute atomic E-state index is 12.0. The summed E-state index contributed by atoms with van der Waals surface area (Å²) in [7, 11) is 1.30. The van der Waals surface area contributed by atoms with Crippen LogP contribution in [0.25, 0.3) is 0 Å². The number of amides is 1. The van der Waals surface area contributed by atoms with Crippen molar-refractivity contribution in [1.82, 2.24) is 4.98 Å². The highest BCUT2D eigenvalue weighted by Crippen LogP contribution is 2.35. The molecular formula is C13H15N2O5S-.